The molecule has 0 aliphatic carbocycles. The number of carbonyl (C=O) groups excluding carboxylic acids is 2. The molecule has 8 nitrogen and oxygen atoms in total. The van der Waals surface area contributed by atoms with Crippen LogP contribution in [0.5, 0.6) is 23.0 Å². The van der Waals surface area contributed by atoms with Crippen molar-refractivity contribution in [3.8, 4) is 23.0 Å². The smallest absolute Gasteiger partial charge is 0.300 e. The molecule has 1 unspecified atom stereocenters. The lowest BCUT2D eigenvalue weighted by molar-refractivity contribution is -0.132. The average Bonchev–Trinajstić information content (AvgIpc) is 3.14. The van der Waals surface area contributed by atoms with Gasteiger partial charge in [0.25, 0.3) is 11.7 Å². The number of nitrogens with zero attached hydrogens (tertiary/aromatic N) is 1. The van der Waals surface area contributed by atoms with Gasteiger partial charge in [0.05, 0.1) is 18.7 Å². The van der Waals surface area contributed by atoms with Gasteiger partial charge < -0.3 is 24.4 Å². The normalized spacial score (nSPS) is 18.6. The van der Waals surface area contributed by atoms with E-state index in [1.165, 1.54) is 24.1 Å². The lowest BCUT2D eigenvalue weighted by atomic mass is 9.94. The number of Topliss-reactive ketones (excluding diaryl/α,β-unsaturated/α-hetero) is 1. The van der Waals surface area contributed by atoms with E-state index in [1.54, 1.807) is 48.5 Å². The number of aromatic hydroxyl groups is 1. The molecule has 1 amide bonds. The Kier molecular flexibility index (Phi) is 5.74. The van der Waals surface area contributed by atoms with Gasteiger partial charge in [0, 0.05) is 16.3 Å². The van der Waals surface area contributed by atoms with Crippen molar-refractivity contribution >= 4 is 34.7 Å². The van der Waals surface area contributed by atoms with Crippen LogP contribution in [0.3, 0.4) is 0 Å². The van der Waals surface area contributed by atoms with Crippen LogP contribution >= 0.6 is 11.6 Å². The number of phenols is 1. The molecule has 1 saturated heterocycles. The summed E-state index contributed by atoms with van der Waals surface area (Å²) in [5, 5.41) is 22.2. The molecule has 2 N–H and O–H groups in total. The molecule has 2 aliphatic rings. The zero-order chi connectivity index (χ0) is 24.7. The Morgan fingerprint density at radius 1 is 1.00 bits per heavy atom. The minimum atomic E-state index is -1.03. The molecular weight excluding hydrogens is 474 g/mol. The highest BCUT2D eigenvalue weighted by Gasteiger charge is 2.47. The second kappa shape index (κ2) is 8.88. The second-order valence-corrected chi connectivity index (χ2v) is 8.37. The zero-order valence-corrected chi connectivity index (χ0v) is 19.3. The molecule has 3 aromatic rings. The number of aliphatic hydroxyl groups is 1. The maximum atomic E-state index is 13.3. The number of anilines is 1. The number of ether oxygens (including phenoxy) is 3. The number of ketones is 1. The summed E-state index contributed by atoms with van der Waals surface area (Å²) < 4.78 is 16.3. The summed E-state index contributed by atoms with van der Waals surface area (Å²) in [5.41, 5.74) is 0.951. The maximum Gasteiger partial charge on any atom is 0.300 e. The van der Waals surface area contributed by atoms with E-state index in [-0.39, 0.29) is 28.4 Å². The third kappa shape index (κ3) is 3.91. The number of hydrogen-bond acceptors (Lipinski definition) is 7. The molecule has 5 rings (SSSR count). The van der Waals surface area contributed by atoms with Gasteiger partial charge in [-0.05, 0) is 60.2 Å². The van der Waals surface area contributed by atoms with Gasteiger partial charge in [-0.3, -0.25) is 14.5 Å². The van der Waals surface area contributed by atoms with Crippen molar-refractivity contribution in [3.05, 3.63) is 82.4 Å². The number of benzene rings is 3. The standard InChI is InChI=1S/C26H20ClNO7/c1-33-19-8-2-14(12-18(19)29)23-22(24(30)15-3-9-20-21(13-15)35-11-10-34-20)25(31)26(32)28(23)17-6-4-16(27)5-7-17/h2-9,12-13,23,29-30H,10-11H2,1H3/b24-22-. The summed E-state index contributed by atoms with van der Waals surface area (Å²) in [6.45, 7) is 0.759. The van der Waals surface area contributed by atoms with Crippen molar-refractivity contribution in [1.29, 1.82) is 0 Å². The number of amides is 1. The van der Waals surface area contributed by atoms with Crippen LogP contribution in [0.1, 0.15) is 17.2 Å². The van der Waals surface area contributed by atoms with E-state index in [0.29, 0.717) is 41.0 Å². The molecule has 1 atom stereocenters. The average molecular weight is 494 g/mol. The number of phenolic OH excluding ortho intramolecular Hbond substituents is 1. The molecule has 2 heterocycles. The van der Waals surface area contributed by atoms with Crippen LogP contribution in [0, 0.1) is 0 Å². The molecule has 0 spiro atoms. The van der Waals surface area contributed by atoms with Crippen LogP contribution in [0.4, 0.5) is 5.69 Å². The number of halogens is 1. The summed E-state index contributed by atoms with van der Waals surface area (Å²) in [4.78, 5) is 27.8. The molecule has 2 aliphatic heterocycles. The fraction of sp³-hybridized carbons (Fsp3) is 0.154. The fourth-order valence-electron chi connectivity index (χ4n) is 4.24. The Hall–Kier alpha value is -4.17. The SMILES string of the molecule is COc1ccc(C2/C(=C(/O)c3ccc4c(c3)OCCO4)C(=O)C(=O)N2c2ccc(Cl)cc2)cc1O. The van der Waals surface area contributed by atoms with Gasteiger partial charge in [0.2, 0.25) is 0 Å². The number of aliphatic hydroxyl groups excluding tert-OH is 1. The number of methoxy groups -OCH3 is 1. The highest BCUT2D eigenvalue weighted by Crippen LogP contribution is 2.44. The molecule has 35 heavy (non-hydrogen) atoms. The van der Waals surface area contributed by atoms with Crippen LogP contribution in [-0.2, 0) is 9.59 Å². The first-order valence-corrected chi connectivity index (χ1v) is 11.1. The maximum absolute atomic E-state index is 13.3. The molecule has 1 fully saturated rings. The predicted octanol–water partition coefficient (Wildman–Crippen LogP) is 4.45. The highest BCUT2D eigenvalue weighted by atomic mass is 35.5. The lowest BCUT2D eigenvalue weighted by Gasteiger charge is -2.26. The fourth-order valence-corrected chi connectivity index (χ4v) is 4.37. The second-order valence-electron chi connectivity index (χ2n) is 7.94. The molecule has 0 saturated carbocycles. The molecule has 178 valence electrons. The third-order valence-corrected chi connectivity index (χ3v) is 6.14. The summed E-state index contributed by atoms with van der Waals surface area (Å²) in [6, 6.07) is 14.7. The predicted molar refractivity (Wildman–Crippen MR) is 128 cm³/mol. The Bertz CT molecular complexity index is 1370. The lowest BCUT2D eigenvalue weighted by Crippen LogP contribution is -2.29. The number of carbonyl (C=O) groups is 2. The molecule has 0 aromatic heterocycles. The minimum Gasteiger partial charge on any atom is -0.507 e. The van der Waals surface area contributed by atoms with Gasteiger partial charge in [-0.2, -0.15) is 0 Å². The van der Waals surface area contributed by atoms with Crippen LogP contribution in [0.15, 0.2) is 66.2 Å². The monoisotopic (exact) mass is 493 g/mol. The van der Waals surface area contributed by atoms with E-state index in [2.05, 4.69) is 0 Å². The first kappa shape index (κ1) is 22.6. The number of fused-ring (bicyclic) bond motifs is 1. The Balaban J connectivity index is 1.70. The van der Waals surface area contributed by atoms with Crippen molar-refractivity contribution in [2.45, 2.75) is 6.04 Å². The minimum absolute atomic E-state index is 0.133. The van der Waals surface area contributed by atoms with E-state index in [0.717, 1.165) is 0 Å². The van der Waals surface area contributed by atoms with Crippen molar-refractivity contribution in [3.63, 3.8) is 0 Å². The molecular formula is C26H20ClNO7. The van der Waals surface area contributed by atoms with E-state index in [4.69, 9.17) is 25.8 Å². The first-order valence-electron chi connectivity index (χ1n) is 10.7. The van der Waals surface area contributed by atoms with Gasteiger partial charge >= 0.3 is 0 Å². The van der Waals surface area contributed by atoms with Crippen molar-refractivity contribution < 1.29 is 34.0 Å². The van der Waals surface area contributed by atoms with Crippen molar-refractivity contribution in [2.24, 2.45) is 0 Å². The van der Waals surface area contributed by atoms with Gasteiger partial charge in [-0.25, -0.2) is 0 Å². The van der Waals surface area contributed by atoms with Crippen molar-refractivity contribution in [2.75, 3.05) is 25.2 Å². The van der Waals surface area contributed by atoms with Crippen LogP contribution in [0.25, 0.3) is 5.76 Å². The van der Waals surface area contributed by atoms with Crippen molar-refractivity contribution in [1.82, 2.24) is 0 Å². The Labute approximate surface area is 205 Å². The summed E-state index contributed by atoms with van der Waals surface area (Å²) in [7, 11) is 1.41. The molecule has 0 bridgehead atoms. The van der Waals surface area contributed by atoms with Crippen LogP contribution in [-0.4, -0.2) is 42.2 Å². The van der Waals surface area contributed by atoms with Crippen LogP contribution < -0.4 is 19.1 Å². The third-order valence-electron chi connectivity index (χ3n) is 5.88. The van der Waals surface area contributed by atoms with E-state index >= 15 is 0 Å². The van der Waals surface area contributed by atoms with Gasteiger partial charge in [0.15, 0.2) is 23.0 Å². The summed E-state index contributed by atoms with van der Waals surface area (Å²) >= 11 is 6.02. The Morgan fingerprint density at radius 2 is 1.71 bits per heavy atom. The van der Waals surface area contributed by atoms with E-state index < -0.39 is 17.7 Å². The topological polar surface area (TPSA) is 106 Å². The zero-order valence-electron chi connectivity index (χ0n) is 18.5. The van der Waals surface area contributed by atoms with Gasteiger partial charge in [-0.15, -0.1) is 0 Å². The van der Waals surface area contributed by atoms with E-state index in [1.807, 2.05) is 0 Å². The molecule has 3 aromatic carbocycles. The number of rotatable bonds is 4. The Morgan fingerprint density at radius 3 is 2.40 bits per heavy atom. The summed E-state index contributed by atoms with van der Waals surface area (Å²) in [5.74, 6) is -1.08. The van der Waals surface area contributed by atoms with Gasteiger partial charge in [-0.1, -0.05) is 17.7 Å². The quantitative estimate of drug-likeness (QED) is 0.314. The summed E-state index contributed by atoms with van der Waals surface area (Å²) in [6.07, 6.45) is 0. The highest BCUT2D eigenvalue weighted by molar-refractivity contribution is 6.51. The van der Waals surface area contributed by atoms with Gasteiger partial charge in [0.1, 0.15) is 19.0 Å². The molecule has 0 radical (unpaired) electrons. The van der Waals surface area contributed by atoms with Crippen LogP contribution in [0.2, 0.25) is 5.02 Å². The molecule has 9 heteroatoms. The largest absolute Gasteiger partial charge is 0.507 e. The number of hydrogen-bond donors (Lipinski definition) is 2. The van der Waals surface area contributed by atoms with E-state index in [9.17, 15) is 19.8 Å². The first-order chi connectivity index (χ1) is 16.9.